The molecule has 19 heavy (non-hydrogen) atoms. The van der Waals surface area contributed by atoms with E-state index in [9.17, 15) is 4.79 Å². The lowest BCUT2D eigenvalue weighted by Crippen LogP contribution is -2.29. The van der Waals surface area contributed by atoms with Gasteiger partial charge in [-0.05, 0) is 36.8 Å². The molecule has 1 aliphatic rings. The van der Waals surface area contributed by atoms with Crippen LogP contribution in [0.25, 0.3) is 0 Å². The Kier molecular flexibility index (Phi) is 5.31. The van der Waals surface area contributed by atoms with Gasteiger partial charge in [-0.1, -0.05) is 17.9 Å². The Morgan fingerprint density at radius 3 is 3.16 bits per heavy atom. The third kappa shape index (κ3) is 4.30. The molecule has 4 heteroatoms. The predicted molar refractivity (Wildman–Crippen MR) is 78.2 cm³/mol. The number of hydrogen-bond donors (Lipinski definition) is 2. The van der Waals surface area contributed by atoms with Crippen molar-refractivity contribution in [1.29, 1.82) is 0 Å². The molecule has 0 aromatic heterocycles. The van der Waals surface area contributed by atoms with Crippen LogP contribution in [0.15, 0.2) is 24.3 Å². The SMILES string of the molecule is O=C(NCC1CCCS1)c1cccc(C#CCO)c1. The molecule has 100 valence electrons. The number of hydrogen-bond acceptors (Lipinski definition) is 3. The van der Waals surface area contributed by atoms with Crippen LogP contribution in [0.2, 0.25) is 0 Å². The molecule has 1 fully saturated rings. The van der Waals surface area contributed by atoms with Crippen molar-refractivity contribution in [1.82, 2.24) is 5.32 Å². The Hall–Kier alpha value is -1.44. The molecule has 0 saturated carbocycles. The highest BCUT2D eigenvalue weighted by atomic mass is 32.2. The summed E-state index contributed by atoms with van der Waals surface area (Å²) in [5, 5.41) is 12.2. The van der Waals surface area contributed by atoms with Gasteiger partial charge in [-0.2, -0.15) is 11.8 Å². The van der Waals surface area contributed by atoms with Crippen molar-refractivity contribution < 1.29 is 9.90 Å². The van der Waals surface area contributed by atoms with E-state index < -0.39 is 0 Å². The summed E-state index contributed by atoms with van der Waals surface area (Å²) < 4.78 is 0. The zero-order valence-corrected chi connectivity index (χ0v) is 11.5. The maximum absolute atomic E-state index is 12.0. The highest BCUT2D eigenvalue weighted by Gasteiger charge is 2.16. The second-order valence-corrected chi connectivity index (χ2v) is 5.79. The van der Waals surface area contributed by atoms with E-state index in [0.29, 0.717) is 10.8 Å². The van der Waals surface area contributed by atoms with Crippen molar-refractivity contribution in [3.8, 4) is 11.8 Å². The molecular weight excluding hydrogens is 258 g/mol. The van der Waals surface area contributed by atoms with E-state index in [-0.39, 0.29) is 12.5 Å². The number of carbonyl (C=O) groups is 1. The third-order valence-corrected chi connectivity index (χ3v) is 4.35. The van der Waals surface area contributed by atoms with E-state index in [4.69, 9.17) is 5.11 Å². The summed E-state index contributed by atoms with van der Waals surface area (Å²) in [7, 11) is 0. The van der Waals surface area contributed by atoms with E-state index in [1.165, 1.54) is 18.6 Å². The summed E-state index contributed by atoms with van der Waals surface area (Å²) in [6.07, 6.45) is 2.43. The zero-order chi connectivity index (χ0) is 13.5. The Bertz CT molecular complexity index is 498. The summed E-state index contributed by atoms with van der Waals surface area (Å²) in [5.74, 6) is 6.53. The van der Waals surface area contributed by atoms with Gasteiger partial charge in [0.25, 0.3) is 5.91 Å². The molecule has 1 amide bonds. The highest BCUT2D eigenvalue weighted by Crippen LogP contribution is 2.25. The van der Waals surface area contributed by atoms with Gasteiger partial charge in [0, 0.05) is 22.9 Å². The quantitative estimate of drug-likeness (QED) is 0.825. The molecular formula is C15H17NO2S. The molecule has 1 unspecified atom stereocenters. The predicted octanol–water partition coefficient (Wildman–Crippen LogP) is 1.66. The second kappa shape index (κ2) is 7.22. The Morgan fingerprint density at radius 1 is 1.53 bits per heavy atom. The molecule has 3 nitrogen and oxygen atoms in total. The number of amides is 1. The lowest BCUT2D eigenvalue weighted by atomic mass is 10.1. The zero-order valence-electron chi connectivity index (χ0n) is 10.7. The molecule has 1 aromatic carbocycles. The summed E-state index contributed by atoms with van der Waals surface area (Å²) in [5.41, 5.74) is 1.37. The lowest BCUT2D eigenvalue weighted by molar-refractivity contribution is 0.0953. The molecule has 2 N–H and O–H groups in total. The average Bonchev–Trinajstić information content (AvgIpc) is 2.96. The summed E-state index contributed by atoms with van der Waals surface area (Å²) in [6, 6.07) is 7.16. The van der Waals surface area contributed by atoms with Crippen molar-refractivity contribution >= 4 is 17.7 Å². The molecule has 1 heterocycles. The fourth-order valence-corrected chi connectivity index (χ4v) is 3.19. The fourth-order valence-electron chi connectivity index (χ4n) is 1.99. The maximum atomic E-state index is 12.0. The number of nitrogens with one attached hydrogen (secondary N) is 1. The van der Waals surface area contributed by atoms with Gasteiger partial charge in [0.05, 0.1) is 0 Å². The van der Waals surface area contributed by atoms with Crippen LogP contribution in [0.5, 0.6) is 0 Å². The van der Waals surface area contributed by atoms with E-state index in [2.05, 4.69) is 17.2 Å². The summed E-state index contributed by atoms with van der Waals surface area (Å²) in [6.45, 7) is 0.561. The largest absolute Gasteiger partial charge is 0.384 e. The molecule has 1 saturated heterocycles. The van der Waals surface area contributed by atoms with E-state index in [0.717, 1.165) is 12.1 Å². The van der Waals surface area contributed by atoms with Gasteiger partial charge in [0.2, 0.25) is 0 Å². The minimum atomic E-state index is -0.171. The lowest BCUT2D eigenvalue weighted by Gasteiger charge is -2.10. The Morgan fingerprint density at radius 2 is 2.42 bits per heavy atom. The van der Waals surface area contributed by atoms with E-state index in [1.54, 1.807) is 18.2 Å². The van der Waals surface area contributed by atoms with Crippen molar-refractivity contribution in [2.24, 2.45) is 0 Å². The van der Waals surface area contributed by atoms with Gasteiger partial charge in [-0.25, -0.2) is 0 Å². The standard InChI is InChI=1S/C15H17NO2S/c17-8-2-5-12-4-1-6-13(10-12)15(18)16-11-14-7-3-9-19-14/h1,4,6,10,14,17H,3,7-9,11H2,(H,16,18). The minimum absolute atomic E-state index is 0.0554. The second-order valence-electron chi connectivity index (χ2n) is 4.39. The van der Waals surface area contributed by atoms with Gasteiger partial charge in [-0.15, -0.1) is 0 Å². The van der Waals surface area contributed by atoms with Crippen LogP contribution < -0.4 is 5.32 Å². The highest BCUT2D eigenvalue weighted by molar-refractivity contribution is 8.00. The molecule has 0 aliphatic carbocycles. The van der Waals surface area contributed by atoms with Crippen LogP contribution >= 0.6 is 11.8 Å². The monoisotopic (exact) mass is 275 g/mol. The molecule has 1 aliphatic heterocycles. The van der Waals surface area contributed by atoms with Crippen molar-refractivity contribution in [3.63, 3.8) is 0 Å². The van der Waals surface area contributed by atoms with Crippen LogP contribution in [0, 0.1) is 11.8 Å². The Labute approximate surface area is 117 Å². The van der Waals surface area contributed by atoms with Crippen molar-refractivity contribution in [3.05, 3.63) is 35.4 Å². The first-order valence-electron chi connectivity index (χ1n) is 6.39. The average molecular weight is 275 g/mol. The third-order valence-electron chi connectivity index (χ3n) is 2.95. The summed E-state index contributed by atoms with van der Waals surface area (Å²) >= 11 is 1.93. The molecule has 0 spiro atoms. The fraction of sp³-hybridized carbons (Fsp3) is 0.400. The smallest absolute Gasteiger partial charge is 0.251 e. The van der Waals surface area contributed by atoms with Crippen LogP contribution in [0.4, 0.5) is 0 Å². The first kappa shape index (κ1) is 14.0. The van der Waals surface area contributed by atoms with Crippen LogP contribution in [0.1, 0.15) is 28.8 Å². The molecule has 0 bridgehead atoms. The van der Waals surface area contributed by atoms with Crippen molar-refractivity contribution in [2.75, 3.05) is 18.9 Å². The Balaban J connectivity index is 1.94. The molecule has 0 radical (unpaired) electrons. The number of aliphatic hydroxyl groups is 1. The van der Waals surface area contributed by atoms with E-state index in [1.807, 2.05) is 17.8 Å². The molecule has 1 atom stereocenters. The number of carbonyl (C=O) groups excluding carboxylic acids is 1. The first-order chi connectivity index (χ1) is 9.29. The van der Waals surface area contributed by atoms with Crippen molar-refractivity contribution in [2.45, 2.75) is 18.1 Å². The number of thioether (sulfide) groups is 1. The molecule has 2 rings (SSSR count). The first-order valence-corrected chi connectivity index (χ1v) is 7.44. The molecule has 1 aromatic rings. The van der Waals surface area contributed by atoms with Crippen LogP contribution in [-0.2, 0) is 0 Å². The van der Waals surface area contributed by atoms with Crippen LogP contribution in [0.3, 0.4) is 0 Å². The number of rotatable bonds is 3. The minimum Gasteiger partial charge on any atom is -0.384 e. The van der Waals surface area contributed by atoms with Gasteiger partial charge in [-0.3, -0.25) is 4.79 Å². The normalized spacial score (nSPS) is 17.6. The maximum Gasteiger partial charge on any atom is 0.251 e. The number of benzene rings is 1. The number of aliphatic hydroxyl groups excluding tert-OH is 1. The van der Waals surface area contributed by atoms with E-state index >= 15 is 0 Å². The van der Waals surface area contributed by atoms with Gasteiger partial charge in [0.15, 0.2) is 0 Å². The van der Waals surface area contributed by atoms with Crippen LogP contribution in [-0.4, -0.2) is 35.2 Å². The van der Waals surface area contributed by atoms with Gasteiger partial charge < -0.3 is 10.4 Å². The summed E-state index contributed by atoms with van der Waals surface area (Å²) in [4.78, 5) is 12.0. The van der Waals surface area contributed by atoms with Gasteiger partial charge in [0.1, 0.15) is 6.61 Å². The van der Waals surface area contributed by atoms with Gasteiger partial charge >= 0.3 is 0 Å². The topological polar surface area (TPSA) is 49.3 Å².